The minimum Gasteiger partial charge on any atom is -0.369 e. The normalized spacial score (nSPS) is 37.4. The highest BCUT2D eigenvalue weighted by atomic mass is 16.5. The summed E-state index contributed by atoms with van der Waals surface area (Å²) in [5.74, 6) is 0.210. The molecule has 2 saturated heterocycles. The van der Waals surface area contributed by atoms with E-state index in [-0.39, 0.29) is 35.4 Å². The van der Waals surface area contributed by atoms with Gasteiger partial charge in [0.1, 0.15) is 5.60 Å². The Bertz CT molecular complexity index is 504. The van der Waals surface area contributed by atoms with Crippen molar-refractivity contribution in [2.75, 3.05) is 13.7 Å². The van der Waals surface area contributed by atoms with Crippen LogP contribution in [0.2, 0.25) is 0 Å². The van der Waals surface area contributed by atoms with Gasteiger partial charge < -0.3 is 14.5 Å². The van der Waals surface area contributed by atoms with Gasteiger partial charge in [0.25, 0.3) is 5.91 Å². The van der Waals surface area contributed by atoms with Gasteiger partial charge in [-0.15, -0.1) is 0 Å². The second kappa shape index (κ2) is 4.95. The van der Waals surface area contributed by atoms with Crippen LogP contribution in [0.1, 0.15) is 53.4 Å². The first kappa shape index (κ1) is 15.8. The zero-order valence-corrected chi connectivity index (χ0v) is 14.4. The van der Waals surface area contributed by atoms with E-state index in [1.807, 2.05) is 18.7 Å². The average Bonchev–Trinajstić information content (AvgIpc) is 2.75. The Labute approximate surface area is 133 Å². The van der Waals surface area contributed by atoms with Gasteiger partial charge in [-0.3, -0.25) is 9.59 Å². The van der Waals surface area contributed by atoms with Crippen molar-refractivity contribution in [2.24, 2.45) is 5.41 Å². The third kappa shape index (κ3) is 2.01. The smallest absolute Gasteiger partial charge is 0.254 e. The quantitative estimate of drug-likeness (QED) is 0.781. The maximum absolute atomic E-state index is 13.0. The van der Waals surface area contributed by atoms with E-state index in [0.717, 1.165) is 25.7 Å². The van der Waals surface area contributed by atoms with E-state index >= 15 is 0 Å². The van der Waals surface area contributed by atoms with Gasteiger partial charge >= 0.3 is 0 Å². The summed E-state index contributed by atoms with van der Waals surface area (Å²) >= 11 is 0. The van der Waals surface area contributed by atoms with Crippen molar-refractivity contribution in [3.63, 3.8) is 0 Å². The first-order valence-corrected chi connectivity index (χ1v) is 8.37. The first-order valence-electron chi connectivity index (χ1n) is 8.37. The molecule has 3 fully saturated rings. The van der Waals surface area contributed by atoms with Crippen molar-refractivity contribution in [2.45, 2.75) is 77.1 Å². The molecule has 1 saturated carbocycles. The van der Waals surface area contributed by atoms with Crippen LogP contribution in [-0.2, 0) is 14.3 Å². The van der Waals surface area contributed by atoms with Crippen LogP contribution in [0.5, 0.6) is 0 Å². The summed E-state index contributed by atoms with van der Waals surface area (Å²) in [6.07, 6.45) is 4.22. The topological polar surface area (TPSA) is 49.9 Å². The molecular formula is C17H28N2O3. The summed E-state index contributed by atoms with van der Waals surface area (Å²) in [5, 5.41) is 0. The van der Waals surface area contributed by atoms with Gasteiger partial charge in [0.05, 0.1) is 6.04 Å². The number of ether oxygens (including phenoxy) is 1. The number of rotatable bonds is 2. The third-order valence-corrected chi connectivity index (χ3v) is 6.32. The number of carbonyl (C=O) groups is 2. The second-order valence-electron chi connectivity index (χ2n) is 7.92. The predicted molar refractivity (Wildman–Crippen MR) is 83.3 cm³/mol. The predicted octanol–water partition coefficient (Wildman–Crippen LogP) is 1.80. The van der Waals surface area contributed by atoms with E-state index in [4.69, 9.17) is 4.74 Å². The Morgan fingerprint density at radius 1 is 1.23 bits per heavy atom. The minimum absolute atomic E-state index is 0.0340. The number of carbonyl (C=O) groups excluding carboxylic acids is 2. The summed E-state index contributed by atoms with van der Waals surface area (Å²) in [6, 6.07) is 0.685. The molecule has 3 rings (SSSR count). The molecular weight excluding hydrogens is 280 g/mol. The first-order chi connectivity index (χ1) is 10.2. The largest absolute Gasteiger partial charge is 0.369 e. The van der Waals surface area contributed by atoms with Gasteiger partial charge in [0.2, 0.25) is 5.91 Å². The molecule has 5 heteroatoms. The number of hydrogen-bond donors (Lipinski definition) is 0. The monoisotopic (exact) mass is 308 g/mol. The zero-order valence-electron chi connectivity index (χ0n) is 14.4. The minimum atomic E-state index is -0.804. The van der Waals surface area contributed by atoms with Crippen molar-refractivity contribution < 1.29 is 14.3 Å². The van der Waals surface area contributed by atoms with Crippen molar-refractivity contribution >= 4 is 11.8 Å². The molecule has 0 spiro atoms. The van der Waals surface area contributed by atoms with E-state index in [2.05, 4.69) is 11.8 Å². The summed E-state index contributed by atoms with van der Waals surface area (Å²) < 4.78 is 5.42. The number of piperidine rings is 1. The molecule has 0 aromatic carbocycles. The summed E-state index contributed by atoms with van der Waals surface area (Å²) in [5.41, 5.74) is -0.770. The molecule has 2 amide bonds. The molecule has 0 radical (unpaired) electrons. The van der Waals surface area contributed by atoms with E-state index in [0.29, 0.717) is 6.54 Å². The van der Waals surface area contributed by atoms with Gasteiger partial charge in [0.15, 0.2) is 0 Å². The average molecular weight is 308 g/mol. The number of fused-ring (bicyclic) bond motifs is 1. The van der Waals surface area contributed by atoms with Crippen LogP contribution in [0.25, 0.3) is 0 Å². The fourth-order valence-corrected chi connectivity index (χ4v) is 5.13. The molecule has 2 heterocycles. The Kier molecular flexibility index (Phi) is 3.55. The number of hydrogen-bond acceptors (Lipinski definition) is 3. The van der Waals surface area contributed by atoms with Gasteiger partial charge in [0, 0.05) is 38.1 Å². The standard InChI is InChI=1S/C17H28N2O3/c1-11(20)19-12-9-17(4)13(7-6-8-14(17)19)18(10-12)15(21)16(2,3)22-5/h12-14H,6-10H2,1-5H3/t12-,13+,14-,17+/m0/s1. The highest BCUT2D eigenvalue weighted by molar-refractivity contribution is 5.85. The SMILES string of the molecule is COC(C)(C)C(=O)N1C[C@@H]2C[C@@]3(C)[C@H](CCC[C@@H]13)N2C(C)=O. The van der Waals surface area contributed by atoms with Gasteiger partial charge in [-0.2, -0.15) is 0 Å². The molecule has 22 heavy (non-hydrogen) atoms. The number of amides is 2. The lowest BCUT2D eigenvalue weighted by molar-refractivity contribution is -0.159. The molecule has 0 aromatic heterocycles. The van der Waals surface area contributed by atoms with E-state index < -0.39 is 5.60 Å². The van der Waals surface area contributed by atoms with Crippen molar-refractivity contribution in [3.05, 3.63) is 0 Å². The highest BCUT2D eigenvalue weighted by Gasteiger charge is 2.61. The lowest BCUT2D eigenvalue weighted by Crippen LogP contribution is -2.61. The number of methoxy groups -OCH3 is 1. The van der Waals surface area contributed by atoms with Crippen LogP contribution in [0.3, 0.4) is 0 Å². The van der Waals surface area contributed by atoms with Crippen LogP contribution in [0.15, 0.2) is 0 Å². The fourth-order valence-electron chi connectivity index (χ4n) is 5.13. The molecule has 2 bridgehead atoms. The van der Waals surface area contributed by atoms with Crippen LogP contribution < -0.4 is 0 Å². The lowest BCUT2D eigenvalue weighted by Gasteiger charge is -2.51. The Hall–Kier alpha value is -1.10. The van der Waals surface area contributed by atoms with Crippen molar-refractivity contribution in [3.8, 4) is 0 Å². The van der Waals surface area contributed by atoms with Gasteiger partial charge in [-0.05, 0) is 39.5 Å². The molecule has 124 valence electrons. The molecule has 3 aliphatic rings. The molecule has 1 aliphatic carbocycles. The zero-order chi connectivity index (χ0) is 16.3. The summed E-state index contributed by atoms with van der Waals surface area (Å²) in [7, 11) is 1.59. The number of likely N-dealkylation sites (tertiary alicyclic amines) is 2. The van der Waals surface area contributed by atoms with Gasteiger partial charge in [-0.1, -0.05) is 6.92 Å². The maximum atomic E-state index is 13.0. The highest BCUT2D eigenvalue weighted by Crippen LogP contribution is 2.54. The second-order valence-corrected chi connectivity index (χ2v) is 7.92. The molecule has 0 aromatic rings. The van der Waals surface area contributed by atoms with Crippen LogP contribution in [-0.4, -0.2) is 59.0 Å². The van der Waals surface area contributed by atoms with Crippen LogP contribution in [0, 0.1) is 5.41 Å². The summed E-state index contributed by atoms with van der Waals surface area (Å²) in [4.78, 5) is 29.2. The van der Waals surface area contributed by atoms with E-state index in [1.165, 1.54) is 0 Å². The van der Waals surface area contributed by atoms with E-state index in [9.17, 15) is 9.59 Å². The van der Waals surface area contributed by atoms with E-state index in [1.54, 1.807) is 14.0 Å². The lowest BCUT2D eigenvalue weighted by atomic mass is 9.65. The molecule has 5 nitrogen and oxygen atoms in total. The van der Waals surface area contributed by atoms with Crippen LogP contribution >= 0.6 is 0 Å². The van der Waals surface area contributed by atoms with Crippen molar-refractivity contribution in [1.82, 2.24) is 9.80 Å². The molecule has 0 N–H and O–H groups in total. The molecule has 2 aliphatic heterocycles. The maximum Gasteiger partial charge on any atom is 0.254 e. The Balaban J connectivity index is 1.97. The molecule has 4 atom stereocenters. The molecule has 0 unspecified atom stereocenters. The third-order valence-electron chi connectivity index (χ3n) is 6.32. The van der Waals surface area contributed by atoms with Gasteiger partial charge in [-0.25, -0.2) is 0 Å². The van der Waals surface area contributed by atoms with Crippen LogP contribution in [0.4, 0.5) is 0 Å². The summed E-state index contributed by atoms with van der Waals surface area (Å²) in [6.45, 7) is 8.26. The fraction of sp³-hybridized carbons (Fsp3) is 0.882. The van der Waals surface area contributed by atoms with Crippen molar-refractivity contribution in [1.29, 1.82) is 0 Å². The number of nitrogens with zero attached hydrogens (tertiary/aromatic N) is 2. The Morgan fingerprint density at radius 2 is 1.86 bits per heavy atom. The Morgan fingerprint density at radius 3 is 2.45 bits per heavy atom.